The van der Waals surface area contributed by atoms with Gasteiger partial charge in [0.25, 0.3) is 0 Å². The van der Waals surface area contributed by atoms with Crippen LogP contribution in [0, 0.1) is 0 Å². The minimum atomic E-state index is 0.833. The maximum absolute atomic E-state index is 4.44. The summed E-state index contributed by atoms with van der Waals surface area (Å²) in [5.41, 5.74) is 2.57. The van der Waals surface area contributed by atoms with Gasteiger partial charge in [0.1, 0.15) is 12.1 Å². The number of fused-ring (bicyclic) bond motifs is 1. The molecule has 0 fully saturated rings. The standard InChI is InChI=1S/C14H16BrN3S/c15-13-7-6-10(19-13)8-16-14-11-4-2-1-3-5-12(11)17-9-18-14/h6-7,9H,1-5,8H2,(H,16,17,18). The van der Waals surface area contributed by atoms with Gasteiger partial charge in [-0.2, -0.15) is 0 Å². The topological polar surface area (TPSA) is 37.8 Å². The van der Waals surface area contributed by atoms with Crippen molar-refractivity contribution in [3.05, 3.63) is 38.4 Å². The highest BCUT2D eigenvalue weighted by molar-refractivity contribution is 9.11. The Morgan fingerprint density at radius 2 is 2.05 bits per heavy atom. The summed E-state index contributed by atoms with van der Waals surface area (Å²) in [6.45, 7) is 0.833. The third kappa shape index (κ3) is 3.15. The number of anilines is 1. The summed E-state index contributed by atoms with van der Waals surface area (Å²) in [6.07, 6.45) is 7.69. The average Bonchev–Trinajstić information content (AvgIpc) is 2.69. The van der Waals surface area contributed by atoms with Crippen LogP contribution in [0.4, 0.5) is 5.82 Å². The highest BCUT2D eigenvalue weighted by Crippen LogP contribution is 2.26. The second-order valence-corrected chi connectivity index (χ2v) is 7.32. The molecule has 2 aromatic heterocycles. The summed E-state index contributed by atoms with van der Waals surface area (Å²) in [5.74, 6) is 1.02. The molecule has 100 valence electrons. The van der Waals surface area contributed by atoms with Crippen molar-refractivity contribution in [1.82, 2.24) is 9.97 Å². The molecule has 3 rings (SSSR count). The number of aromatic nitrogens is 2. The summed E-state index contributed by atoms with van der Waals surface area (Å²) < 4.78 is 1.17. The molecule has 1 N–H and O–H groups in total. The minimum absolute atomic E-state index is 0.833. The van der Waals surface area contributed by atoms with Crippen molar-refractivity contribution in [2.75, 3.05) is 5.32 Å². The van der Waals surface area contributed by atoms with Crippen molar-refractivity contribution in [3.8, 4) is 0 Å². The number of nitrogens with one attached hydrogen (secondary N) is 1. The highest BCUT2D eigenvalue weighted by atomic mass is 79.9. The number of hydrogen-bond donors (Lipinski definition) is 1. The molecule has 1 aliphatic rings. The summed E-state index contributed by atoms with van der Waals surface area (Å²) in [4.78, 5) is 10.2. The van der Waals surface area contributed by atoms with E-state index in [4.69, 9.17) is 0 Å². The SMILES string of the molecule is Brc1ccc(CNc2ncnc3c2CCCCC3)s1. The summed E-state index contributed by atoms with van der Waals surface area (Å²) in [6, 6.07) is 4.23. The lowest BCUT2D eigenvalue weighted by Crippen LogP contribution is -2.07. The Bertz CT molecular complexity index is 568. The number of thiophene rings is 1. The number of nitrogens with zero attached hydrogens (tertiary/aromatic N) is 2. The predicted octanol–water partition coefficient (Wildman–Crippen LogP) is 4.18. The van der Waals surface area contributed by atoms with Crippen molar-refractivity contribution < 1.29 is 0 Å². The Morgan fingerprint density at radius 3 is 2.89 bits per heavy atom. The first kappa shape index (κ1) is 13.1. The largest absolute Gasteiger partial charge is 0.365 e. The van der Waals surface area contributed by atoms with Crippen LogP contribution in [0.1, 0.15) is 35.4 Å². The van der Waals surface area contributed by atoms with E-state index in [9.17, 15) is 0 Å². The van der Waals surface area contributed by atoms with E-state index in [1.54, 1.807) is 17.7 Å². The fourth-order valence-electron chi connectivity index (χ4n) is 2.47. The molecule has 0 saturated heterocycles. The van der Waals surface area contributed by atoms with Crippen molar-refractivity contribution in [3.63, 3.8) is 0 Å². The molecule has 0 radical (unpaired) electrons. The maximum atomic E-state index is 4.44. The predicted molar refractivity (Wildman–Crippen MR) is 82.6 cm³/mol. The van der Waals surface area contributed by atoms with Crippen molar-refractivity contribution in [1.29, 1.82) is 0 Å². The Morgan fingerprint density at radius 1 is 1.16 bits per heavy atom. The summed E-state index contributed by atoms with van der Waals surface area (Å²) >= 11 is 5.25. The van der Waals surface area contributed by atoms with E-state index in [0.29, 0.717) is 0 Å². The van der Waals surface area contributed by atoms with Crippen LogP contribution in [0.2, 0.25) is 0 Å². The Labute approximate surface area is 125 Å². The zero-order valence-electron chi connectivity index (χ0n) is 10.7. The third-order valence-corrected chi connectivity index (χ3v) is 5.06. The van der Waals surface area contributed by atoms with Crippen LogP contribution in [-0.2, 0) is 19.4 Å². The zero-order valence-corrected chi connectivity index (χ0v) is 13.1. The first-order chi connectivity index (χ1) is 9.33. The van der Waals surface area contributed by atoms with E-state index in [-0.39, 0.29) is 0 Å². The van der Waals surface area contributed by atoms with Gasteiger partial charge in [0.05, 0.1) is 10.3 Å². The summed E-state index contributed by atoms with van der Waals surface area (Å²) in [7, 11) is 0. The Hall–Kier alpha value is -0.940. The maximum Gasteiger partial charge on any atom is 0.133 e. The fraction of sp³-hybridized carbons (Fsp3) is 0.429. The lowest BCUT2D eigenvalue weighted by molar-refractivity contribution is 0.709. The van der Waals surface area contributed by atoms with E-state index >= 15 is 0 Å². The molecule has 0 aromatic carbocycles. The fourth-order valence-corrected chi connectivity index (χ4v) is 3.89. The monoisotopic (exact) mass is 337 g/mol. The van der Waals surface area contributed by atoms with E-state index in [1.807, 2.05) is 0 Å². The van der Waals surface area contributed by atoms with Crippen LogP contribution in [0.15, 0.2) is 22.2 Å². The van der Waals surface area contributed by atoms with Crippen LogP contribution in [0.5, 0.6) is 0 Å². The zero-order chi connectivity index (χ0) is 13.1. The molecule has 2 aromatic rings. The normalized spacial score (nSPS) is 14.8. The lowest BCUT2D eigenvalue weighted by Gasteiger charge is -2.11. The van der Waals surface area contributed by atoms with Crippen LogP contribution in [0.25, 0.3) is 0 Å². The quantitative estimate of drug-likeness (QED) is 0.853. The van der Waals surface area contributed by atoms with Gasteiger partial charge in [-0.15, -0.1) is 11.3 Å². The van der Waals surface area contributed by atoms with E-state index in [0.717, 1.165) is 25.2 Å². The van der Waals surface area contributed by atoms with Gasteiger partial charge >= 0.3 is 0 Å². The van der Waals surface area contributed by atoms with Crippen LogP contribution in [0.3, 0.4) is 0 Å². The third-order valence-electron chi connectivity index (χ3n) is 3.43. The molecule has 3 nitrogen and oxygen atoms in total. The molecular formula is C14H16BrN3S. The molecule has 0 aliphatic heterocycles. The van der Waals surface area contributed by atoms with Crippen molar-refractivity contribution >= 4 is 33.1 Å². The van der Waals surface area contributed by atoms with Crippen LogP contribution >= 0.6 is 27.3 Å². The molecule has 0 bridgehead atoms. The van der Waals surface area contributed by atoms with Crippen molar-refractivity contribution in [2.45, 2.75) is 38.6 Å². The van der Waals surface area contributed by atoms with Gasteiger partial charge in [-0.1, -0.05) is 6.42 Å². The summed E-state index contributed by atoms with van der Waals surface area (Å²) in [5, 5.41) is 3.47. The van der Waals surface area contributed by atoms with Crippen LogP contribution in [-0.4, -0.2) is 9.97 Å². The van der Waals surface area contributed by atoms with Gasteiger partial charge in [-0.25, -0.2) is 9.97 Å². The molecule has 0 saturated carbocycles. The molecule has 19 heavy (non-hydrogen) atoms. The number of halogens is 1. The first-order valence-electron chi connectivity index (χ1n) is 6.64. The molecule has 0 spiro atoms. The Balaban J connectivity index is 1.77. The lowest BCUT2D eigenvalue weighted by atomic mass is 10.1. The number of aryl methyl sites for hydroxylation is 1. The van der Waals surface area contributed by atoms with E-state index in [1.165, 1.54) is 39.2 Å². The van der Waals surface area contributed by atoms with Crippen LogP contribution < -0.4 is 5.32 Å². The van der Waals surface area contributed by atoms with Gasteiger partial charge in [0.15, 0.2) is 0 Å². The molecule has 0 amide bonds. The van der Waals surface area contributed by atoms with Crippen molar-refractivity contribution in [2.24, 2.45) is 0 Å². The molecule has 0 atom stereocenters. The van der Waals surface area contributed by atoms with Gasteiger partial charge in [-0.3, -0.25) is 0 Å². The molecule has 0 unspecified atom stereocenters. The van der Waals surface area contributed by atoms with Gasteiger partial charge in [0.2, 0.25) is 0 Å². The molecular weight excluding hydrogens is 322 g/mol. The molecule has 5 heteroatoms. The second kappa shape index (κ2) is 6.01. The second-order valence-electron chi connectivity index (χ2n) is 4.77. The van der Waals surface area contributed by atoms with E-state index in [2.05, 4.69) is 43.3 Å². The first-order valence-corrected chi connectivity index (χ1v) is 8.25. The number of hydrogen-bond acceptors (Lipinski definition) is 4. The highest BCUT2D eigenvalue weighted by Gasteiger charge is 2.14. The Kier molecular flexibility index (Phi) is 4.13. The minimum Gasteiger partial charge on any atom is -0.365 e. The molecule has 1 aliphatic carbocycles. The van der Waals surface area contributed by atoms with Gasteiger partial charge < -0.3 is 5.32 Å². The van der Waals surface area contributed by atoms with E-state index < -0.39 is 0 Å². The van der Waals surface area contributed by atoms with Gasteiger partial charge in [0, 0.05) is 16.1 Å². The number of rotatable bonds is 3. The smallest absolute Gasteiger partial charge is 0.133 e. The molecule has 2 heterocycles. The van der Waals surface area contributed by atoms with Gasteiger partial charge in [-0.05, 0) is 53.7 Å². The average molecular weight is 338 g/mol.